The minimum atomic E-state index is 0. The molecule has 0 spiro atoms. The van der Waals surface area contributed by atoms with Crippen LogP contribution in [0.2, 0.25) is 0 Å². The summed E-state index contributed by atoms with van der Waals surface area (Å²) in [6, 6.07) is 10.2. The van der Waals surface area contributed by atoms with Crippen LogP contribution < -0.4 is 10.6 Å². The van der Waals surface area contributed by atoms with Gasteiger partial charge in [0.15, 0.2) is 11.7 Å². The van der Waals surface area contributed by atoms with Gasteiger partial charge in [-0.25, -0.2) is 4.98 Å². The maximum Gasteiger partial charge on any atom is 0.191 e. The van der Waals surface area contributed by atoms with Crippen LogP contribution in [0.1, 0.15) is 49.6 Å². The van der Waals surface area contributed by atoms with Crippen molar-refractivity contribution in [2.45, 2.75) is 45.7 Å². The number of hydrogen-bond donors (Lipinski definition) is 2. The maximum atomic E-state index is 5.47. The van der Waals surface area contributed by atoms with Gasteiger partial charge in [0.1, 0.15) is 0 Å². The molecule has 2 N–H and O–H groups in total. The minimum absolute atomic E-state index is 0. The van der Waals surface area contributed by atoms with Crippen LogP contribution in [0.15, 0.2) is 58.6 Å². The maximum absolute atomic E-state index is 5.47. The highest BCUT2D eigenvalue weighted by Crippen LogP contribution is 2.22. The highest BCUT2D eigenvalue weighted by Gasteiger charge is 2.13. The summed E-state index contributed by atoms with van der Waals surface area (Å²) in [5, 5.41) is 10.8. The average molecular weight is 508 g/mol. The van der Waals surface area contributed by atoms with Crippen LogP contribution in [0.3, 0.4) is 0 Å². The molecule has 0 fully saturated rings. The molecule has 0 saturated carbocycles. The summed E-state index contributed by atoms with van der Waals surface area (Å²) in [5.74, 6) is 1.97. The first-order valence-electron chi connectivity index (χ1n) is 9.71. The molecule has 1 aromatic carbocycles. The highest BCUT2D eigenvalue weighted by molar-refractivity contribution is 14.0. The van der Waals surface area contributed by atoms with E-state index in [1.165, 1.54) is 0 Å². The van der Waals surface area contributed by atoms with Gasteiger partial charge in [-0.2, -0.15) is 0 Å². The number of imidazole rings is 1. The molecule has 2 heterocycles. The number of hydrogen-bond acceptors (Lipinski definition) is 4. The minimum Gasteiger partial charge on any atom is -0.359 e. The Morgan fingerprint density at radius 2 is 1.93 bits per heavy atom. The van der Waals surface area contributed by atoms with Crippen LogP contribution >= 0.6 is 24.0 Å². The molecule has 0 saturated heterocycles. The Morgan fingerprint density at radius 1 is 1.17 bits per heavy atom. The van der Waals surface area contributed by atoms with Gasteiger partial charge >= 0.3 is 0 Å². The van der Waals surface area contributed by atoms with Gasteiger partial charge in [-0.1, -0.05) is 37.2 Å². The summed E-state index contributed by atoms with van der Waals surface area (Å²) in [6.45, 7) is 5.53. The second-order valence-corrected chi connectivity index (χ2v) is 6.61. The van der Waals surface area contributed by atoms with Crippen LogP contribution in [0.5, 0.6) is 0 Å². The van der Waals surface area contributed by atoms with Crippen molar-refractivity contribution in [2.24, 2.45) is 4.99 Å². The summed E-state index contributed by atoms with van der Waals surface area (Å²) in [6.07, 6.45) is 7.64. The number of benzene rings is 1. The molecule has 0 amide bonds. The second kappa shape index (κ2) is 11.6. The van der Waals surface area contributed by atoms with Gasteiger partial charge < -0.3 is 19.7 Å². The highest BCUT2D eigenvalue weighted by atomic mass is 127. The molecule has 7 nitrogen and oxygen atoms in total. The molecule has 0 atom stereocenters. The summed E-state index contributed by atoms with van der Waals surface area (Å²) in [7, 11) is 1.76. The number of guanidine groups is 1. The molecule has 0 radical (unpaired) electrons. The average Bonchev–Trinajstić information content (AvgIpc) is 3.42. The number of halogens is 1. The quantitative estimate of drug-likeness (QED) is 0.270. The van der Waals surface area contributed by atoms with Crippen molar-refractivity contribution in [1.82, 2.24) is 25.3 Å². The van der Waals surface area contributed by atoms with Gasteiger partial charge in [0.05, 0.1) is 24.3 Å². The van der Waals surface area contributed by atoms with Crippen LogP contribution in [0.4, 0.5) is 0 Å². The summed E-state index contributed by atoms with van der Waals surface area (Å²) in [4.78, 5) is 8.43. The SMILES string of the molecule is CCC(CC)c1cc(CNC(=NC)NCc2ccccc2-n2ccnc2)on1.I. The molecule has 29 heavy (non-hydrogen) atoms. The summed E-state index contributed by atoms with van der Waals surface area (Å²) < 4.78 is 7.47. The second-order valence-electron chi connectivity index (χ2n) is 6.61. The molecule has 0 unspecified atom stereocenters. The van der Waals surface area contributed by atoms with Gasteiger partial charge in [0, 0.05) is 38.0 Å². The third-order valence-electron chi connectivity index (χ3n) is 4.86. The zero-order chi connectivity index (χ0) is 19.8. The van der Waals surface area contributed by atoms with Crippen LogP contribution in [0.25, 0.3) is 5.69 Å². The lowest BCUT2D eigenvalue weighted by Gasteiger charge is -2.14. The molecule has 8 heteroatoms. The molecule has 3 aromatic rings. The van der Waals surface area contributed by atoms with Crippen molar-refractivity contribution in [2.75, 3.05) is 7.05 Å². The van der Waals surface area contributed by atoms with E-state index in [9.17, 15) is 0 Å². The van der Waals surface area contributed by atoms with E-state index >= 15 is 0 Å². The third kappa shape index (κ3) is 6.06. The molecular weight excluding hydrogens is 479 g/mol. The van der Waals surface area contributed by atoms with Crippen molar-refractivity contribution in [3.63, 3.8) is 0 Å². The van der Waals surface area contributed by atoms with Gasteiger partial charge in [-0.05, 0) is 24.5 Å². The van der Waals surface area contributed by atoms with E-state index in [4.69, 9.17) is 4.52 Å². The standard InChI is InChI=1S/C21H28N6O.HI/c1-4-16(5-2)19-12-18(28-26-19)14-25-21(22-3)24-13-17-8-6-7-9-20(17)27-11-10-23-15-27;/h6-12,15-16H,4-5,13-14H2,1-3H3,(H2,22,24,25);1H. The Hall–Kier alpha value is -2.36. The normalized spacial score (nSPS) is 11.4. The Kier molecular flexibility index (Phi) is 9.17. The van der Waals surface area contributed by atoms with E-state index in [1.807, 2.05) is 29.0 Å². The van der Waals surface area contributed by atoms with E-state index in [1.54, 1.807) is 19.6 Å². The van der Waals surface area contributed by atoms with E-state index in [0.717, 1.165) is 35.5 Å². The van der Waals surface area contributed by atoms with Gasteiger partial charge in [-0.15, -0.1) is 24.0 Å². The zero-order valence-electron chi connectivity index (χ0n) is 17.1. The molecule has 0 aliphatic rings. The topological polar surface area (TPSA) is 80.3 Å². The molecule has 2 aromatic heterocycles. The van der Waals surface area contributed by atoms with E-state index in [0.29, 0.717) is 25.0 Å². The fourth-order valence-corrected chi connectivity index (χ4v) is 3.20. The number of nitrogens with one attached hydrogen (secondary N) is 2. The van der Waals surface area contributed by atoms with Gasteiger partial charge in [-0.3, -0.25) is 4.99 Å². The molecule has 3 rings (SSSR count). The number of nitrogens with zero attached hydrogens (tertiary/aromatic N) is 4. The predicted molar refractivity (Wildman–Crippen MR) is 126 cm³/mol. The Bertz CT molecular complexity index is 886. The van der Waals surface area contributed by atoms with Gasteiger partial charge in [0.25, 0.3) is 0 Å². The molecule has 156 valence electrons. The summed E-state index contributed by atoms with van der Waals surface area (Å²) >= 11 is 0. The number of para-hydroxylation sites is 1. The van der Waals surface area contributed by atoms with E-state index < -0.39 is 0 Å². The lowest BCUT2D eigenvalue weighted by atomic mass is 9.99. The Labute approximate surface area is 189 Å². The van der Waals surface area contributed by atoms with Crippen LogP contribution in [-0.2, 0) is 13.1 Å². The largest absolute Gasteiger partial charge is 0.359 e. The number of rotatable bonds is 8. The van der Waals surface area contributed by atoms with Crippen LogP contribution in [-0.4, -0.2) is 27.7 Å². The van der Waals surface area contributed by atoms with Crippen LogP contribution in [0, 0.1) is 0 Å². The van der Waals surface area contributed by atoms with Crippen molar-refractivity contribution >= 4 is 29.9 Å². The zero-order valence-corrected chi connectivity index (χ0v) is 19.5. The Morgan fingerprint density at radius 3 is 2.62 bits per heavy atom. The first kappa shape index (κ1) is 22.9. The molecule has 0 aliphatic heterocycles. The predicted octanol–water partition coefficient (Wildman–Crippen LogP) is 4.25. The smallest absolute Gasteiger partial charge is 0.191 e. The number of aliphatic imine (C=N–C) groups is 1. The monoisotopic (exact) mass is 508 g/mol. The molecular formula is C21H29IN6O. The Balaban J connectivity index is 0.00000300. The van der Waals surface area contributed by atoms with Crippen molar-refractivity contribution in [1.29, 1.82) is 0 Å². The molecule has 0 aliphatic carbocycles. The van der Waals surface area contributed by atoms with E-state index in [2.05, 4.69) is 51.7 Å². The van der Waals surface area contributed by atoms with E-state index in [-0.39, 0.29) is 24.0 Å². The lowest BCUT2D eigenvalue weighted by Crippen LogP contribution is -2.36. The van der Waals surface area contributed by atoms with Crippen molar-refractivity contribution < 1.29 is 4.52 Å². The molecule has 0 bridgehead atoms. The fraction of sp³-hybridized carbons (Fsp3) is 0.381. The first-order valence-corrected chi connectivity index (χ1v) is 9.71. The van der Waals surface area contributed by atoms with Crippen molar-refractivity contribution in [3.05, 3.63) is 66.1 Å². The number of aromatic nitrogens is 3. The van der Waals surface area contributed by atoms with Crippen molar-refractivity contribution in [3.8, 4) is 5.69 Å². The third-order valence-corrected chi connectivity index (χ3v) is 4.86. The van der Waals surface area contributed by atoms with Gasteiger partial charge in [0.2, 0.25) is 0 Å². The first-order chi connectivity index (χ1) is 13.7. The lowest BCUT2D eigenvalue weighted by molar-refractivity contribution is 0.368. The summed E-state index contributed by atoms with van der Waals surface area (Å²) in [5.41, 5.74) is 3.27. The fourth-order valence-electron chi connectivity index (χ4n) is 3.20.